The van der Waals surface area contributed by atoms with Crippen molar-refractivity contribution < 1.29 is 13.6 Å². The summed E-state index contributed by atoms with van der Waals surface area (Å²) in [7, 11) is 0. The van der Waals surface area contributed by atoms with Gasteiger partial charge in [-0.05, 0) is 36.7 Å². The number of nitrogens with one attached hydrogen (secondary N) is 1. The zero-order valence-corrected chi connectivity index (χ0v) is 11.4. The molecule has 1 fully saturated rings. The molecule has 106 valence electrons. The van der Waals surface area contributed by atoms with Gasteiger partial charge in [-0.3, -0.25) is 4.79 Å². The maximum atomic E-state index is 12.6. The number of aromatic nitrogens is 2. The monoisotopic (exact) mass is 297 g/mol. The number of fused-ring (bicyclic) bond motifs is 1. The summed E-state index contributed by atoms with van der Waals surface area (Å²) in [6.45, 7) is 0.0199. The molecule has 0 radical (unpaired) electrons. The molecule has 1 N–H and O–H groups in total. The van der Waals surface area contributed by atoms with Crippen LogP contribution in [0.5, 0.6) is 0 Å². The minimum Gasteiger partial charge on any atom is -0.352 e. The summed E-state index contributed by atoms with van der Waals surface area (Å²) < 4.78 is 26.7. The maximum absolute atomic E-state index is 12.6. The molecule has 0 atom stereocenters. The number of imidazole rings is 1. The Bertz CT molecular complexity index is 640. The Hall–Kier alpha value is -1.63. The van der Waals surface area contributed by atoms with Gasteiger partial charge < -0.3 is 9.88 Å². The fourth-order valence-corrected chi connectivity index (χ4v) is 2.62. The lowest BCUT2D eigenvalue weighted by Gasteiger charge is -2.08. The summed E-state index contributed by atoms with van der Waals surface area (Å²) in [6.07, 6.45) is 1.99. The minimum atomic E-state index is -2.56. The van der Waals surface area contributed by atoms with E-state index in [1.54, 1.807) is 28.8 Å². The Morgan fingerprint density at radius 3 is 2.90 bits per heavy atom. The number of hydrogen-bond acceptors (Lipinski definition) is 3. The van der Waals surface area contributed by atoms with Crippen LogP contribution in [0.4, 0.5) is 8.78 Å². The number of halogens is 2. The zero-order chi connectivity index (χ0) is 14.1. The van der Waals surface area contributed by atoms with Crippen LogP contribution < -0.4 is 5.32 Å². The summed E-state index contributed by atoms with van der Waals surface area (Å²) in [5.41, 5.74) is 1.32. The third kappa shape index (κ3) is 2.92. The van der Waals surface area contributed by atoms with Gasteiger partial charge in [0.25, 0.3) is 5.76 Å². The highest BCUT2D eigenvalue weighted by Gasteiger charge is 2.24. The SMILES string of the molecule is O=C(Cn1c(SC(F)F)nc2ccccc21)NC1CC1. The van der Waals surface area contributed by atoms with Gasteiger partial charge in [0.2, 0.25) is 5.91 Å². The summed E-state index contributed by atoms with van der Waals surface area (Å²) in [5, 5.41) is 3.03. The first kappa shape index (κ1) is 13.4. The number of carbonyl (C=O) groups is 1. The third-order valence-electron chi connectivity index (χ3n) is 3.06. The van der Waals surface area contributed by atoms with Crippen LogP contribution in [0.2, 0.25) is 0 Å². The fourth-order valence-electron chi connectivity index (χ4n) is 2.02. The third-order valence-corrected chi connectivity index (χ3v) is 3.76. The molecule has 3 rings (SSSR count). The molecule has 1 saturated carbocycles. The molecule has 0 aliphatic heterocycles. The number of thioether (sulfide) groups is 1. The smallest absolute Gasteiger partial charge is 0.291 e. The molecular weight excluding hydrogens is 284 g/mol. The molecule has 4 nitrogen and oxygen atoms in total. The van der Waals surface area contributed by atoms with Crippen molar-refractivity contribution in [1.82, 2.24) is 14.9 Å². The molecule has 0 spiro atoms. The normalized spacial score (nSPS) is 14.9. The second-order valence-electron chi connectivity index (χ2n) is 4.69. The Labute approximate surface area is 118 Å². The molecule has 0 bridgehead atoms. The van der Waals surface area contributed by atoms with E-state index >= 15 is 0 Å². The average molecular weight is 297 g/mol. The van der Waals surface area contributed by atoms with Crippen molar-refractivity contribution >= 4 is 28.7 Å². The quantitative estimate of drug-likeness (QED) is 0.863. The van der Waals surface area contributed by atoms with Gasteiger partial charge in [0.05, 0.1) is 11.0 Å². The van der Waals surface area contributed by atoms with E-state index in [9.17, 15) is 13.6 Å². The number of nitrogens with zero attached hydrogens (tertiary/aromatic N) is 2. The summed E-state index contributed by atoms with van der Waals surface area (Å²) >= 11 is 0.366. The Kier molecular flexibility index (Phi) is 3.60. The van der Waals surface area contributed by atoms with Crippen molar-refractivity contribution in [3.63, 3.8) is 0 Å². The standard InChI is InChI=1S/C13H13F2N3OS/c14-12(15)20-13-17-9-3-1-2-4-10(9)18(13)7-11(19)16-8-5-6-8/h1-4,8,12H,5-7H2,(H,16,19). The van der Waals surface area contributed by atoms with Crippen molar-refractivity contribution in [1.29, 1.82) is 0 Å². The van der Waals surface area contributed by atoms with Gasteiger partial charge in [0, 0.05) is 6.04 Å². The van der Waals surface area contributed by atoms with Crippen LogP contribution in [-0.2, 0) is 11.3 Å². The van der Waals surface area contributed by atoms with E-state index in [4.69, 9.17) is 0 Å². The molecular formula is C13H13F2N3OS. The number of alkyl halides is 2. The number of benzene rings is 1. The summed E-state index contributed by atoms with van der Waals surface area (Å²) in [5.74, 6) is -2.72. The number of para-hydroxylation sites is 2. The van der Waals surface area contributed by atoms with Crippen LogP contribution in [0.25, 0.3) is 11.0 Å². The zero-order valence-electron chi connectivity index (χ0n) is 10.6. The van der Waals surface area contributed by atoms with Crippen LogP contribution in [0.3, 0.4) is 0 Å². The van der Waals surface area contributed by atoms with Crippen LogP contribution in [-0.4, -0.2) is 27.3 Å². The molecule has 1 aromatic carbocycles. The lowest BCUT2D eigenvalue weighted by atomic mass is 10.3. The summed E-state index contributed by atoms with van der Waals surface area (Å²) in [4.78, 5) is 16.1. The number of carbonyl (C=O) groups excluding carboxylic acids is 1. The molecule has 2 aromatic rings. The number of hydrogen-bond donors (Lipinski definition) is 1. The van der Waals surface area contributed by atoms with Gasteiger partial charge in [-0.1, -0.05) is 12.1 Å². The van der Waals surface area contributed by atoms with E-state index in [-0.39, 0.29) is 23.7 Å². The lowest BCUT2D eigenvalue weighted by molar-refractivity contribution is -0.121. The van der Waals surface area contributed by atoms with Crippen molar-refractivity contribution in [3.05, 3.63) is 24.3 Å². The molecule has 1 aliphatic carbocycles. The highest BCUT2D eigenvalue weighted by Crippen LogP contribution is 2.28. The highest BCUT2D eigenvalue weighted by atomic mass is 32.2. The van der Waals surface area contributed by atoms with Crippen LogP contribution >= 0.6 is 11.8 Å². The predicted molar refractivity (Wildman–Crippen MR) is 72.8 cm³/mol. The Morgan fingerprint density at radius 2 is 2.20 bits per heavy atom. The van der Waals surface area contributed by atoms with Crippen molar-refractivity contribution in [2.45, 2.75) is 36.3 Å². The summed E-state index contributed by atoms with van der Waals surface area (Å²) in [6, 6.07) is 7.38. The Balaban J connectivity index is 1.90. The fraction of sp³-hybridized carbons (Fsp3) is 0.385. The second-order valence-corrected chi connectivity index (χ2v) is 5.65. The molecule has 0 saturated heterocycles. The van der Waals surface area contributed by atoms with Crippen LogP contribution in [0.1, 0.15) is 12.8 Å². The highest BCUT2D eigenvalue weighted by molar-refractivity contribution is 7.99. The molecule has 0 unspecified atom stereocenters. The van der Waals surface area contributed by atoms with Gasteiger partial charge in [-0.15, -0.1) is 0 Å². The van der Waals surface area contributed by atoms with Crippen LogP contribution in [0.15, 0.2) is 29.4 Å². The average Bonchev–Trinajstić information content (AvgIpc) is 3.13. The predicted octanol–water partition coefficient (Wildman–Crippen LogP) is 2.63. The van der Waals surface area contributed by atoms with Gasteiger partial charge >= 0.3 is 0 Å². The van der Waals surface area contributed by atoms with E-state index in [1.165, 1.54) is 0 Å². The van der Waals surface area contributed by atoms with E-state index in [1.807, 2.05) is 0 Å². The topological polar surface area (TPSA) is 46.9 Å². The van der Waals surface area contributed by atoms with E-state index < -0.39 is 5.76 Å². The molecule has 20 heavy (non-hydrogen) atoms. The molecule has 1 amide bonds. The van der Waals surface area contributed by atoms with Gasteiger partial charge in [0.1, 0.15) is 6.54 Å². The van der Waals surface area contributed by atoms with E-state index in [2.05, 4.69) is 10.3 Å². The second kappa shape index (κ2) is 5.40. The first-order valence-corrected chi connectivity index (χ1v) is 7.21. The van der Waals surface area contributed by atoms with Gasteiger partial charge in [-0.2, -0.15) is 8.78 Å². The molecule has 1 aliphatic rings. The minimum absolute atomic E-state index is 0.0199. The van der Waals surface area contributed by atoms with Crippen molar-refractivity contribution in [2.24, 2.45) is 0 Å². The van der Waals surface area contributed by atoms with Crippen molar-refractivity contribution in [2.75, 3.05) is 0 Å². The lowest BCUT2D eigenvalue weighted by Crippen LogP contribution is -2.29. The molecule has 1 aromatic heterocycles. The molecule has 7 heteroatoms. The van der Waals surface area contributed by atoms with Gasteiger partial charge in [-0.25, -0.2) is 4.98 Å². The molecule has 1 heterocycles. The Morgan fingerprint density at radius 1 is 1.45 bits per heavy atom. The number of rotatable bonds is 5. The first-order chi connectivity index (χ1) is 9.63. The number of amides is 1. The van der Waals surface area contributed by atoms with Crippen molar-refractivity contribution in [3.8, 4) is 0 Å². The first-order valence-electron chi connectivity index (χ1n) is 6.33. The van der Waals surface area contributed by atoms with E-state index in [0.29, 0.717) is 22.8 Å². The maximum Gasteiger partial charge on any atom is 0.291 e. The van der Waals surface area contributed by atoms with E-state index in [0.717, 1.165) is 12.8 Å². The largest absolute Gasteiger partial charge is 0.352 e. The van der Waals surface area contributed by atoms with Crippen LogP contribution in [0, 0.1) is 0 Å². The van der Waals surface area contributed by atoms with Gasteiger partial charge in [0.15, 0.2) is 5.16 Å².